The number of hydrogen-bond donors (Lipinski definition) is 0. The Bertz CT molecular complexity index is 3240. The number of hydrogen-bond acceptors (Lipinski definition) is 3. The Hall–Kier alpha value is -7.62. The molecule has 0 fully saturated rings. The molecule has 0 N–H and O–H groups in total. The molecule has 10 aromatic rings. The molecule has 0 saturated carbocycles. The third kappa shape index (κ3) is 5.17. The van der Waals surface area contributed by atoms with Crippen molar-refractivity contribution in [3.8, 4) is 11.1 Å². The average molecular weight is 783 g/mol. The number of rotatable bonds is 6. The van der Waals surface area contributed by atoms with Gasteiger partial charge in [0.1, 0.15) is 11.2 Å². The van der Waals surface area contributed by atoms with E-state index in [9.17, 15) is 0 Å². The Morgan fingerprint density at radius 2 is 0.738 bits per heavy atom. The Morgan fingerprint density at radius 3 is 1.36 bits per heavy atom. The van der Waals surface area contributed by atoms with Crippen LogP contribution in [-0.4, -0.2) is 0 Å². The van der Waals surface area contributed by atoms with E-state index in [1.165, 1.54) is 44.5 Å². The molecule has 0 bridgehead atoms. The van der Waals surface area contributed by atoms with E-state index in [4.69, 9.17) is 4.42 Å². The van der Waals surface area contributed by atoms with E-state index in [-0.39, 0.29) is 5.41 Å². The minimum atomic E-state index is -0.478. The van der Waals surface area contributed by atoms with Gasteiger partial charge in [-0.15, -0.1) is 0 Å². The molecule has 0 radical (unpaired) electrons. The fourth-order valence-corrected chi connectivity index (χ4v) is 10.6. The third-order valence-corrected chi connectivity index (χ3v) is 13.3. The van der Waals surface area contributed by atoms with Crippen molar-refractivity contribution in [3.05, 3.63) is 252 Å². The summed E-state index contributed by atoms with van der Waals surface area (Å²) in [6, 6.07) is 79.6. The van der Waals surface area contributed by atoms with Gasteiger partial charge in [0.25, 0.3) is 0 Å². The topological polar surface area (TPSA) is 19.6 Å². The molecule has 1 heterocycles. The molecule has 61 heavy (non-hydrogen) atoms. The molecule has 0 aliphatic heterocycles. The second kappa shape index (κ2) is 13.5. The molecular formula is C58H42N2O. The smallest absolute Gasteiger partial charge is 0.137 e. The summed E-state index contributed by atoms with van der Waals surface area (Å²) in [6.45, 7) is 4.76. The van der Waals surface area contributed by atoms with Crippen LogP contribution >= 0.6 is 0 Å². The van der Waals surface area contributed by atoms with Crippen LogP contribution in [0.5, 0.6) is 0 Å². The predicted octanol–water partition coefficient (Wildman–Crippen LogP) is 15.5. The van der Waals surface area contributed by atoms with Crippen LogP contribution in [0.15, 0.2) is 223 Å². The van der Waals surface area contributed by atoms with Crippen LogP contribution in [0.25, 0.3) is 33.1 Å². The van der Waals surface area contributed by atoms with Crippen LogP contribution in [0.2, 0.25) is 0 Å². The van der Waals surface area contributed by atoms with Gasteiger partial charge in [-0.05, 0) is 123 Å². The van der Waals surface area contributed by atoms with Gasteiger partial charge in [-0.2, -0.15) is 0 Å². The Kier molecular flexibility index (Phi) is 7.79. The normalized spacial score (nSPS) is 14.0. The lowest BCUT2D eigenvalue weighted by Crippen LogP contribution is -2.40. The summed E-state index contributed by atoms with van der Waals surface area (Å²) in [6.07, 6.45) is 0. The van der Waals surface area contributed by atoms with Gasteiger partial charge in [-0.25, -0.2) is 0 Å². The highest BCUT2D eigenvalue weighted by atomic mass is 16.3. The van der Waals surface area contributed by atoms with Crippen molar-refractivity contribution in [3.63, 3.8) is 0 Å². The second-order valence-corrected chi connectivity index (χ2v) is 16.9. The number of nitrogens with zero attached hydrogens (tertiary/aromatic N) is 2. The van der Waals surface area contributed by atoms with E-state index >= 15 is 0 Å². The molecule has 0 unspecified atom stereocenters. The van der Waals surface area contributed by atoms with Crippen molar-refractivity contribution in [2.24, 2.45) is 0 Å². The number of furan rings is 1. The number of anilines is 6. The van der Waals surface area contributed by atoms with Crippen molar-refractivity contribution >= 4 is 56.1 Å². The summed E-state index contributed by atoms with van der Waals surface area (Å²) in [5.74, 6) is 0. The maximum Gasteiger partial charge on any atom is 0.137 e. The highest BCUT2D eigenvalue weighted by Gasteiger charge is 2.53. The predicted molar refractivity (Wildman–Crippen MR) is 253 cm³/mol. The second-order valence-electron chi connectivity index (χ2n) is 16.9. The number of para-hydroxylation sites is 3. The molecular weight excluding hydrogens is 741 g/mol. The fraction of sp³-hybridized carbons (Fsp3) is 0.0690. The first kappa shape index (κ1) is 35.3. The van der Waals surface area contributed by atoms with Gasteiger partial charge in [0, 0.05) is 56.4 Å². The first-order chi connectivity index (χ1) is 30.0. The van der Waals surface area contributed by atoms with E-state index < -0.39 is 5.41 Å². The molecule has 0 atom stereocenters. The summed E-state index contributed by atoms with van der Waals surface area (Å²) in [7, 11) is 0. The Labute approximate surface area is 356 Å². The molecule has 2 aliphatic rings. The number of benzene rings is 9. The summed E-state index contributed by atoms with van der Waals surface area (Å²) in [5, 5.41) is 2.24. The van der Waals surface area contributed by atoms with Crippen molar-refractivity contribution in [1.82, 2.24) is 0 Å². The minimum Gasteiger partial charge on any atom is -0.456 e. The molecule has 290 valence electrons. The maximum absolute atomic E-state index is 6.37. The highest BCUT2D eigenvalue weighted by molar-refractivity contribution is 6.06. The van der Waals surface area contributed by atoms with Gasteiger partial charge in [0.15, 0.2) is 0 Å². The Balaban J connectivity index is 1.03. The summed E-state index contributed by atoms with van der Waals surface area (Å²) < 4.78 is 6.37. The SMILES string of the molecule is CC1(C)c2ccccc2C2(c3ccccc3-c3ccc(N(c4ccccc4)c4ccc(N(c5ccccc5)c5ccc6c(c5)oc5ccccc56)cc4)cc32)c2ccccc21. The van der Waals surface area contributed by atoms with Crippen molar-refractivity contribution < 1.29 is 4.42 Å². The monoisotopic (exact) mass is 782 g/mol. The van der Waals surface area contributed by atoms with Crippen molar-refractivity contribution in [2.75, 3.05) is 9.80 Å². The summed E-state index contributed by atoms with van der Waals surface area (Å²) >= 11 is 0. The molecule has 12 rings (SSSR count). The van der Waals surface area contributed by atoms with Crippen LogP contribution in [0.4, 0.5) is 34.1 Å². The van der Waals surface area contributed by atoms with E-state index in [2.05, 4.69) is 230 Å². The van der Waals surface area contributed by atoms with Crippen LogP contribution in [-0.2, 0) is 10.8 Å². The van der Waals surface area contributed by atoms with E-state index in [1.54, 1.807) is 0 Å². The standard InChI is InChI=1S/C58H42N2O/c1-57(2)50-24-12-14-26-52(50)58(53-27-15-13-25-51(53)57)49-23-11-9-21-45(49)46-35-33-43(37-54(46)58)59(39-17-5-3-6-18-39)41-29-31-42(32-30-41)60(40-19-7-4-8-20-40)44-34-36-48-47-22-10-16-28-55(47)61-56(48)38-44/h3-38H,1-2H3. The van der Waals surface area contributed by atoms with Crippen LogP contribution in [0, 0.1) is 0 Å². The molecule has 3 nitrogen and oxygen atoms in total. The fourth-order valence-electron chi connectivity index (χ4n) is 10.6. The molecule has 0 saturated heterocycles. The van der Waals surface area contributed by atoms with Gasteiger partial charge in [-0.3, -0.25) is 0 Å². The van der Waals surface area contributed by atoms with E-state index in [1.807, 2.05) is 12.1 Å². The van der Waals surface area contributed by atoms with E-state index in [0.29, 0.717) is 0 Å². The molecule has 3 heteroatoms. The maximum atomic E-state index is 6.37. The molecule has 0 amide bonds. The van der Waals surface area contributed by atoms with Crippen LogP contribution in [0.3, 0.4) is 0 Å². The van der Waals surface area contributed by atoms with Gasteiger partial charge < -0.3 is 14.2 Å². The quantitative estimate of drug-likeness (QED) is 0.167. The summed E-state index contributed by atoms with van der Waals surface area (Å²) in [5.41, 5.74) is 18.3. The number of fused-ring (bicyclic) bond motifs is 12. The zero-order chi connectivity index (χ0) is 40.7. The van der Waals surface area contributed by atoms with Crippen molar-refractivity contribution in [1.29, 1.82) is 0 Å². The first-order valence-electron chi connectivity index (χ1n) is 21.2. The lowest BCUT2D eigenvalue weighted by atomic mass is 9.55. The highest BCUT2D eigenvalue weighted by Crippen LogP contribution is 2.62. The molecule has 1 aromatic heterocycles. The summed E-state index contributed by atoms with van der Waals surface area (Å²) in [4.78, 5) is 4.71. The van der Waals surface area contributed by atoms with Gasteiger partial charge in [-0.1, -0.05) is 147 Å². The van der Waals surface area contributed by atoms with Gasteiger partial charge in [0.2, 0.25) is 0 Å². The van der Waals surface area contributed by atoms with Crippen molar-refractivity contribution in [2.45, 2.75) is 24.7 Å². The lowest BCUT2D eigenvalue weighted by molar-refractivity contribution is 0.563. The average Bonchev–Trinajstić information content (AvgIpc) is 3.83. The molecule has 9 aromatic carbocycles. The molecule has 1 spiro atoms. The largest absolute Gasteiger partial charge is 0.456 e. The minimum absolute atomic E-state index is 0.156. The van der Waals surface area contributed by atoms with E-state index in [0.717, 1.165) is 56.1 Å². The van der Waals surface area contributed by atoms with Gasteiger partial charge in [0.05, 0.1) is 5.41 Å². The Morgan fingerprint density at radius 1 is 0.311 bits per heavy atom. The zero-order valence-corrected chi connectivity index (χ0v) is 34.1. The van der Waals surface area contributed by atoms with Crippen LogP contribution < -0.4 is 9.80 Å². The molecule has 2 aliphatic carbocycles. The lowest BCUT2D eigenvalue weighted by Gasteiger charge is -2.46. The third-order valence-electron chi connectivity index (χ3n) is 13.3. The van der Waals surface area contributed by atoms with Gasteiger partial charge >= 0.3 is 0 Å². The van der Waals surface area contributed by atoms with Crippen LogP contribution in [0.1, 0.15) is 47.2 Å². The zero-order valence-electron chi connectivity index (χ0n) is 34.1. The first-order valence-corrected chi connectivity index (χ1v) is 21.2.